The van der Waals surface area contributed by atoms with Gasteiger partial charge in [-0.1, -0.05) is 39.0 Å². The molecule has 2 rings (SSSR count). The normalized spacial score (nSPS) is 27.5. The summed E-state index contributed by atoms with van der Waals surface area (Å²) in [6.07, 6.45) is 11.2. The van der Waals surface area contributed by atoms with Gasteiger partial charge >= 0.3 is 0 Å². The van der Waals surface area contributed by atoms with Crippen molar-refractivity contribution in [2.75, 3.05) is 19.6 Å². The number of nitrogens with zero attached hydrogens (tertiary/aromatic N) is 1. The largest absolute Gasteiger partial charge is 0.304 e. The number of unbranched alkanes of at least 4 members (excludes halogenated alkanes) is 2. The lowest BCUT2D eigenvalue weighted by molar-refractivity contribution is 0.0363. The average Bonchev–Trinajstić information content (AvgIpc) is 2.28. The Hall–Kier alpha value is -0.0800. The van der Waals surface area contributed by atoms with Gasteiger partial charge in [-0.05, 0) is 39.7 Å². The first-order valence-corrected chi connectivity index (χ1v) is 8.07. The van der Waals surface area contributed by atoms with E-state index < -0.39 is 0 Å². The van der Waals surface area contributed by atoms with Crippen LogP contribution in [0.2, 0.25) is 0 Å². The fraction of sp³-hybridized carbons (Fsp3) is 1.00. The van der Waals surface area contributed by atoms with Crippen LogP contribution in [0.1, 0.15) is 72.1 Å². The van der Waals surface area contributed by atoms with Gasteiger partial charge in [0, 0.05) is 24.2 Å². The van der Waals surface area contributed by atoms with Gasteiger partial charge < -0.3 is 5.32 Å². The molecule has 0 atom stereocenters. The van der Waals surface area contributed by atoms with Crippen LogP contribution < -0.4 is 5.32 Å². The van der Waals surface area contributed by atoms with Crippen molar-refractivity contribution in [1.82, 2.24) is 10.2 Å². The first-order valence-electron chi connectivity index (χ1n) is 8.07. The lowest BCUT2D eigenvalue weighted by Gasteiger charge is -2.53. The molecule has 0 amide bonds. The molecule has 0 aromatic carbocycles. The van der Waals surface area contributed by atoms with Crippen LogP contribution >= 0.6 is 0 Å². The third-order valence-corrected chi connectivity index (χ3v) is 4.64. The Kier molecular flexibility index (Phi) is 4.71. The fourth-order valence-corrected chi connectivity index (χ4v) is 4.10. The molecule has 1 spiro atoms. The quantitative estimate of drug-likeness (QED) is 0.770. The topological polar surface area (TPSA) is 15.3 Å². The molecule has 106 valence electrons. The molecule has 1 saturated heterocycles. The van der Waals surface area contributed by atoms with Gasteiger partial charge in [0.15, 0.2) is 0 Å². The van der Waals surface area contributed by atoms with Crippen LogP contribution in [-0.2, 0) is 0 Å². The zero-order valence-electron chi connectivity index (χ0n) is 12.7. The third kappa shape index (κ3) is 3.71. The highest BCUT2D eigenvalue weighted by atomic mass is 15.3. The van der Waals surface area contributed by atoms with Gasteiger partial charge in [0.05, 0.1) is 0 Å². The second-order valence-electron chi connectivity index (χ2n) is 7.27. The van der Waals surface area contributed by atoms with Crippen molar-refractivity contribution in [2.45, 2.75) is 83.2 Å². The molecule has 1 saturated carbocycles. The van der Waals surface area contributed by atoms with Gasteiger partial charge in [-0.25, -0.2) is 0 Å². The Bertz CT molecular complexity index is 254. The lowest BCUT2D eigenvalue weighted by Crippen LogP contribution is -2.69. The summed E-state index contributed by atoms with van der Waals surface area (Å²) in [6.45, 7) is 10.9. The lowest BCUT2D eigenvalue weighted by atomic mass is 9.77. The second kappa shape index (κ2) is 5.92. The maximum atomic E-state index is 3.99. The molecule has 2 fully saturated rings. The summed E-state index contributed by atoms with van der Waals surface area (Å²) >= 11 is 0. The number of piperazine rings is 1. The summed E-state index contributed by atoms with van der Waals surface area (Å²) in [5.74, 6) is 0. The van der Waals surface area contributed by atoms with Gasteiger partial charge in [-0.15, -0.1) is 0 Å². The van der Waals surface area contributed by atoms with Crippen LogP contribution in [-0.4, -0.2) is 35.6 Å². The van der Waals surface area contributed by atoms with Crippen LogP contribution in [0.3, 0.4) is 0 Å². The zero-order valence-corrected chi connectivity index (χ0v) is 12.7. The molecule has 1 heterocycles. The molecule has 0 unspecified atom stereocenters. The van der Waals surface area contributed by atoms with Gasteiger partial charge in [-0.3, -0.25) is 4.90 Å². The standard InChI is InChI=1S/C16H32N2/c1-4-5-9-12-18-13-15(2,3)17-16(14-18)10-7-6-8-11-16/h17H,4-14H2,1-3H3. The van der Waals surface area contributed by atoms with E-state index in [0.717, 1.165) is 0 Å². The minimum atomic E-state index is 0.293. The Balaban J connectivity index is 1.95. The maximum Gasteiger partial charge on any atom is 0.0313 e. The molecule has 0 aromatic heterocycles. The third-order valence-electron chi connectivity index (χ3n) is 4.64. The molecule has 2 heteroatoms. The molecular weight excluding hydrogens is 220 g/mol. The van der Waals surface area contributed by atoms with Gasteiger partial charge in [-0.2, -0.15) is 0 Å². The molecule has 1 N–H and O–H groups in total. The van der Waals surface area contributed by atoms with Crippen molar-refractivity contribution in [3.63, 3.8) is 0 Å². The Morgan fingerprint density at radius 2 is 1.72 bits per heavy atom. The van der Waals surface area contributed by atoms with Crippen LogP contribution in [0.25, 0.3) is 0 Å². The summed E-state index contributed by atoms with van der Waals surface area (Å²) in [7, 11) is 0. The van der Waals surface area contributed by atoms with E-state index in [1.807, 2.05) is 0 Å². The Morgan fingerprint density at radius 3 is 2.39 bits per heavy atom. The van der Waals surface area contributed by atoms with Crippen molar-refractivity contribution in [3.05, 3.63) is 0 Å². The van der Waals surface area contributed by atoms with Crippen LogP contribution in [0.15, 0.2) is 0 Å². The molecule has 2 aliphatic rings. The van der Waals surface area contributed by atoms with Gasteiger partial charge in [0.2, 0.25) is 0 Å². The molecule has 0 radical (unpaired) electrons. The minimum absolute atomic E-state index is 0.293. The van der Waals surface area contributed by atoms with Crippen LogP contribution in [0, 0.1) is 0 Å². The van der Waals surface area contributed by atoms with Crippen LogP contribution in [0.4, 0.5) is 0 Å². The van der Waals surface area contributed by atoms with E-state index >= 15 is 0 Å². The minimum Gasteiger partial charge on any atom is -0.304 e. The van der Waals surface area contributed by atoms with Crippen molar-refractivity contribution >= 4 is 0 Å². The van der Waals surface area contributed by atoms with E-state index in [-0.39, 0.29) is 0 Å². The summed E-state index contributed by atoms with van der Waals surface area (Å²) in [6, 6.07) is 0. The highest BCUT2D eigenvalue weighted by Gasteiger charge is 2.42. The van der Waals surface area contributed by atoms with Crippen LogP contribution in [0.5, 0.6) is 0 Å². The fourth-order valence-electron chi connectivity index (χ4n) is 4.10. The Labute approximate surface area is 114 Å². The Morgan fingerprint density at radius 1 is 1.00 bits per heavy atom. The number of rotatable bonds is 4. The van der Waals surface area contributed by atoms with E-state index in [9.17, 15) is 0 Å². The van der Waals surface area contributed by atoms with Gasteiger partial charge in [0.1, 0.15) is 0 Å². The van der Waals surface area contributed by atoms with Crippen molar-refractivity contribution in [2.24, 2.45) is 0 Å². The molecule has 0 aromatic rings. The molecular formula is C16H32N2. The SMILES string of the molecule is CCCCCN1CC(C)(C)NC2(CCCCC2)C1. The first kappa shape index (κ1) is 14.3. The summed E-state index contributed by atoms with van der Waals surface area (Å²) in [4.78, 5) is 2.73. The smallest absolute Gasteiger partial charge is 0.0313 e. The molecule has 1 aliphatic carbocycles. The molecule has 0 bridgehead atoms. The number of nitrogens with one attached hydrogen (secondary N) is 1. The summed E-state index contributed by atoms with van der Waals surface area (Å²) in [5.41, 5.74) is 0.730. The van der Waals surface area contributed by atoms with E-state index in [4.69, 9.17) is 0 Å². The van der Waals surface area contributed by atoms with E-state index in [1.165, 1.54) is 71.0 Å². The monoisotopic (exact) mass is 252 g/mol. The highest BCUT2D eigenvalue weighted by Crippen LogP contribution is 2.34. The molecule has 18 heavy (non-hydrogen) atoms. The summed E-state index contributed by atoms with van der Waals surface area (Å²) in [5, 5.41) is 3.99. The highest BCUT2D eigenvalue weighted by molar-refractivity contribution is 5.03. The average molecular weight is 252 g/mol. The summed E-state index contributed by atoms with van der Waals surface area (Å²) < 4.78 is 0. The molecule has 1 aliphatic heterocycles. The second-order valence-corrected chi connectivity index (χ2v) is 7.27. The predicted octanol–water partition coefficient (Wildman–Crippen LogP) is 3.56. The first-order chi connectivity index (χ1) is 8.55. The van der Waals surface area contributed by atoms with E-state index in [0.29, 0.717) is 11.1 Å². The van der Waals surface area contributed by atoms with E-state index in [1.54, 1.807) is 0 Å². The zero-order chi connectivity index (χ0) is 13.1. The predicted molar refractivity (Wildman–Crippen MR) is 79.0 cm³/mol. The molecule has 2 nitrogen and oxygen atoms in total. The van der Waals surface area contributed by atoms with Crippen molar-refractivity contribution < 1.29 is 0 Å². The van der Waals surface area contributed by atoms with Gasteiger partial charge in [0.25, 0.3) is 0 Å². The van der Waals surface area contributed by atoms with Crippen molar-refractivity contribution in [1.29, 1.82) is 0 Å². The van der Waals surface area contributed by atoms with Crippen molar-refractivity contribution in [3.8, 4) is 0 Å². The number of hydrogen-bond acceptors (Lipinski definition) is 2. The maximum absolute atomic E-state index is 3.99. The van der Waals surface area contributed by atoms with E-state index in [2.05, 4.69) is 31.0 Å². The number of hydrogen-bond donors (Lipinski definition) is 1.